The molecule has 0 aliphatic carbocycles. The molecular weight excluding hydrogens is 314 g/mol. The molecule has 1 N–H and O–H groups in total. The van der Waals surface area contributed by atoms with Crippen LogP contribution < -0.4 is 9.47 Å². The molecule has 1 aliphatic rings. The fourth-order valence-corrected chi connectivity index (χ4v) is 2.88. The Hall–Kier alpha value is -2.28. The van der Waals surface area contributed by atoms with Crippen LogP contribution in [0.2, 0.25) is 0 Å². The van der Waals surface area contributed by atoms with Crippen molar-refractivity contribution in [2.24, 2.45) is 5.41 Å². The molecule has 0 bridgehead atoms. The highest BCUT2D eigenvalue weighted by Gasteiger charge is 2.43. The highest BCUT2D eigenvalue weighted by molar-refractivity contribution is 5.80. The summed E-state index contributed by atoms with van der Waals surface area (Å²) >= 11 is 0. The minimum Gasteiger partial charge on any atom is -0.497 e. The quantitative estimate of drug-likeness (QED) is 0.810. The molecule has 1 aromatic carbocycles. The number of hydrogen-bond donors (Lipinski definition) is 1. The lowest BCUT2D eigenvalue weighted by Crippen LogP contribution is -2.53. The Kier molecular flexibility index (Phi) is 6.03. The molecule has 1 aliphatic heterocycles. The van der Waals surface area contributed by atoms with E-state index in [1.54, 1.807) is 36.3 Å². The topological polar surface area (TPSA) is 85.3 Å². The summed E-state index contributed by atoms with van der Waals surface area (Å²) < 4.78 is 15.6. The molecule has 24 heavy (non-hydrogen) atoms. The lowest BCUT2D eigenvalue weighted by molar-refractivity contribution is -0.159. The first-order valence-electron chi connectivity index (χ1n) is 7.78. The number of rotatable bonds is 7. The number of carboxylic acids is 1. The third-order valence-electron chi connectivity index (χ3n) is 4.23. The number of aliphatic carboxylic acids is 1. The van der Waals surface area contributed by atoms with Crippen LogP contribution in [-0.2, 0) is 14.3 Å². The molecule has 2 rings (SSSR count). The molecule has 7 heteroatoms. The Morgan fingerprint density at radius 1 is 1.21 bits per heavy atom. The standard InChI is InChI=1S/C17H23NO6/c1-22-12-17(16(20)21)8-3-9-18(11-17)15(19)10-24-14-6-4-13(23-2)5-7-14/h4-7H,3,8-12H2,1-2H3,(H,20,21). The van der Waals surface area contributed by atoms with E-state index in [1.807, 2.05) is 0 Å². The average Bonchev–Trinajstić information content (AvgIpc) is 2.60. The number of amides is 1. The third-order valence-corrected chi connectivity index (χ3v) is 4.23. The van der Waals surface area contributed by atoms with E-state index in [0.29, 0.717) is 30.9 Å². The summed E-state index contributed by atoms with van der Waals surface area (Å²) in [6.07, 6.45) is 1.13. The van der Waals surface area contributed by atoms with Crippen molar-refractivity contribution in [2.75, 3.05) is 40.5 Å². The van der Waals surface area contributed by atoms with Crippen molar-refractivity contribution in [1.29, 1.82) is 0 Å². The molecule has 0 radical (unpaired) electrons. The van der Waals surface area contributed by atoms with Crippen LogP contribution in [0.15, 0.2) is 24.3 Å². The van der Waals surface area contributed by atoms with Crippen LogP contribution in [0.25, 0.3) is 0 Å². The van der Waals surface area contributed by atoms with Gasteiger partial charge in [-0.15, -0.1) is 0 Å². The number of carbonyl (C=O) groups is 2. The van der Waals surface area contributed by atoms with Gasteiger partial charge in [0.15, 0.2) is 6.61 Å². The minimum absolute atomic E-state index is 0.0887. The number of hydrogen-bond acceptors (Lipinski definition) is 5. The Balaban J connectivity index is 1.94. The van der Waals surface area contributed by atoms with Crippen molar-refractivity contribution < 1.29 is 28.9 Å². The van der Waals surface area contributed by atoms with Crippen LogP contribution >= 0.6 is 0 Å². The average molecular weight is 337 g/mol. The number of carboxylic acid groups (broad SMARTS) is 1. The van der Waals surface area contributed by atoms with E-state index in [4.69, 9.17) is 14.2 Å². The van der Waals surface area contributed by atoms with E-state index in [-0.39, 0.29) is 25.7 Å². The molecule has 1 unspecified atom stereocenters. The Morgan fingerprint density at radius 3 is 2.46 bits per heavy atom. The second kappa shape index (κ2) is 8.01. The van der Waals surface area contributed by atoms with Gasteiger partial charge in [0.1, 0.15) is 16.9 Å². The lowest BCUT2D eigenvalue weighted by Gasteiger charge is -2.39. The highest BCUT2D eigenvalue weighted by Crippen LogP contribution is 2.31. The van der Waals surface area contributed by atoms with Crippen molar-refractivity contribution in [3.05, 3.63) is 24.3 Å². The number of carbonyl (C=O) groups excluding carboxylic acids is 1. The number of likely N-dealkylation sites (tertiary alicyclic amines) is 1. The maximum Gasteiger partial charge on any atom is 0.313 e. The Bertz CT molecular complexity index is 569. The first-order chi connectivity index (χ1) is 11.5. The third kappa shape index (κ3) is 4.17. The number of piperidine rings is 1. The van der Waals surface area contributed by atoms with Crippen LogP contribution in [0.5, 0.6) is 11.5 Å². The molecule has 1 amide bonds. The van der Waals surface area contributed by atoms with E-state index in [1.165, 1.54) is 7.11 Å². The normalized spacial score (nSPS) is 20.5. The van der Waals surface area contributed by atoms with Crippen molar-refractivity contribution in [3.63, 3.8) is 0 Å². The van der Waals surface area contributed by atoms with E-state index in [2.05, 4.69) is 0 Å². The highest BCUT2D eigenvalue weighted by atomic mass is 16.5. The van der Waals surface area contributed by atoms with Crippen molar-refractivity contribution in [2.45, 2.75) is 12.8 Å². The smallest absolute Gasteiger partial charge is 0.313 e. The molecule has 1 atom stereocenters. The minimum atomic E-state index is -1.04. The molecule has 7 nitrogen and oxygen atoms in total. The first kappa shape index (κ1) is 18.1. The predicted octanol–water partition coefficient (Wildman–Crippen LogP) is 1.41. The van der Waals surface area contributed by atoms with Gasteiger partial charge >= 0.3 is 5.97 Å². The summed E-state index contributed by atoms with van der Waals surface area (Å²) in [5.41, 5.74) is -1.04. The molecule has 132 valence electrons. The summed E-state index contributed by atoms with van der Waals surface area (Å²) in [5, 5.41) is 9.52. The number of ether oxygens (including phenoxy) is 3. The van der Waals surface area contributed by atoms with E-state index < -0.39 is 11.4 Å². The molecule has 0 aromatic heterocycles. The van der Waals surface area contributed by atoms with Gasteiger partial charge < -0.3 is 24.2 Å². The van der Waals surface area contributed by atoms with Crippen LogP contribution in [0, 0.1) is 5.41 Å². The van der Waals surface area contributed by atoms with Crippen molar-refractivity contribution in [1.82, 2.24) is 4.90 Å². The van der Waals surface area contributed by atoms with Crippen molar-refractivity contribution >= 4 is 11.9 Å². The van der Waals surface area contributed by atoms with Gasteiger partial charge in [0.2, 0.25) is 0 Å². The SMILES string of the molecule is COCC1(C(=O)O)CCCN(C(=O)COc2ccc(OC)cc2)C1. The van der Waals surface area contributed by atoms with Gasteiger partial charge in [0, 0.05) is 20.2 Å². The molecule has 0 saturated carbocycles. The summed E-state index contributed by atoms with van der Waals surface area (Å²) in [6, 6.07) is 6.92. The van der Waals surface area contributed by atoms with Crippen LogP contribution in [0.1, 0.15) is 12.8 Å². The summed E-state index contributed by atoms with van der Waals surface area (Å²) in [7, 11) is 3.04. The van der Waals surface area contributed by atoms with E-state index >= 15 is 0 Å². The van der Waals surface area contributed by atoms with Gasteiger partial charge in [-0.1, -0.05) is 0 Å². The fraction of sp³-hybridized carbons (Fsp3) is 0.529. The Labute approximate surface area is 141 Å². The summed E-state index contributed by atoms with van der Waals surface area (Å²) in [5.74, 6) is 0.100. The second-order valence-electron chi connectivity index (χ2n) is 5.90. The zero-order valence-electron chi connectivity index (χ0n) is 14.0. The largest absolute Gasteiger partial charge is 0.497 e. The summed E-state index contributed by atoms with van der Waals surface area (Å²) in [6.45, 7) is 0.630. The lowest BCUT2D eigenvalue weighted by atomic mass is 9.80. The van der Waals surface area contributed by atoms with Crippen molar-refractivity contribution in [3.8, 4) is 11.5 Å². The second-order valence-corrected chi connectivity index (χ2v) is 5.90. The van der Waals surface area contributed by atoms with Gasteiger partial charge in [0.25, 0.3) is 5.91 Å². The number of benzene rings is 1. The fourth-order valence-electron chi connectivity index (χ4n) is 2.88. The van der Waals surface area contributed by atoms with Gasteiger partial charge in [-0.2, -0.15) is 0 Å². The van der Waals surface area contributed by atoms with Gasteiger partial charge in [-0.25, -0.2) is 0 Å². The molecule has 1 saturated heterocycles. The summed E-state index contributed by atoms with van der Waals surface area (Å²) in [4.78, 5) is 25.5. The molecule has 1 aromatic rings. The van der Waals surface area contributed by atoms with Crippen LogP contribution in [-0.4, -0.2) is 62.4 Å². The van der Waals surface area contributed by atoms with Gasteiger partial charge in [-0.05, 0) is 37.1 Å². The molecule has 1 heterocycles. The van der Waals surface area contributed by atoms with E-state index in [9.17, 15) is 14.7 Å². The zero-order chi connectivity index (χ0) is 17.6. The van der Waals surface area contributed by atoms with Crippen LogP contribution in [0.3, 0.4) is 0 Å². The van der Waals surface area contributed by atoms with E-state index in [0.717, 1.165) is 0 Å². The number of methoxy groups -OCH3 is 2. The number of nitrogens with zero attached hydrogens (tertiary/aromatic N) is 1. The molecule has 0 spiro atoms. The first-order valence-corrected chi connectivity index (χ1v) is 7.78. The maximum atomic E-state index is 12.4. The zero-order valence-corrected chi connectivity index (χ0v) is 14.0. The molecule has 1 fully saturated rings. The Morgan fingerprint density at radius 2 is 1.88 bits per heavy atom. The van der Waals surface area contributed by atoms with Crippen LogP contribution in [0.4, 0.5) is 0 Å². The monoisotopic (exact) mass is 337 g/mol. The maximum absolute atomic E-state index is 12.4. The van der Waals surface area contributed by atoms with Gasteiger partial charge in [-0.3, -0.25) is 9.59 Å². The molecular formula is C17H23NO6. The predicted molar refractivity (Wildman–Crippen MR) is 86.2 cm³/mol. The van der Waals surface area contributed by atoms with Gasteiger partial charge in [0.05, 0.1) is 13.7 Å².